The summed E-state index contributed by atoms with van der Waals surface area (Å²) >= 11 is 0. The fourth-order valence-electron chi connectivity index (χ4n) is 3.68. The van der Waals surface area contributed by atoms with E-state index in [4.69, 9.17) is 4.74 Å². The van der Waals surface area contributed by atoms with E-state index in [1.807, 2.05) is 0 Å². The first-order valence-corrected chi connectivity index (χ1v) is 11.2. The molecule has 2 aromatic rings. The first-order chi connectivity index (χ1) is 13.9. The van der Waals surface area contributed by atoms with Crippen molar-refractivity contribution in [2.24, 2.45) is 0 Å². The molecule has 1 saturated carbocycles. The second-order valence-electron chi connectivity index (χ2n) is 7.54. The molecule has 2 aromatic carbocycles. The molecule has 0 radical (unpaired) electrons. The van der Waals surface area contributed by atoms with Gasteiger partial charge in [-0.1, -0.05) is 24.3 Å². The maximum absolute atomic E-state index is 13.8. The molecule has 1 amide bonds. The summed E-state index contributed by atoms with van der Waals surface area (Å²) in [6.07, 6.45) is 3.58. The van der Waals surface area contributed by atoms with Crippen molar-refractivity contribution >= 4 is 21.6 Å². The number of halogens is 1. The van der Waals surface area contributed by atoms with Crippen molar-refractivity contribution in [3.63, 3.8) is 0 Å². The zero-order valence-corrected chi connectivity index (χ0v) is 16.7. The summed E-state index contributed by atoms with van der Waals surface area (Å²) in [5.41, 5.74) is 0.602. The lowest BCUT2D eigenvalue weighted by Crippen LogP contribution is -2.39. The van der Waals surface area contributed by atoms with E-state index in [1.54, 1.807) is 24.3 Å². The lowest BCUT2D eigenvalue weighted by atomic mass is 9.94. The Morgan fingerprint density at radius 1 is 1.14 bits per heavy atom. The third kappa shape index (κ3) is 4.13. The van der Waals surface area contributed by atoms with Crippen LogP contribution in [-0.2, 0) is 25.0 Å². The summed E-state index contributed by atoms with van der Waals surface area (Å²) in [6.45, 7) is 1.26. The van der Waals surface area contributed by atoms with E-state index in [1.165, 1.54) is 18.2 Å². The van der Waals surface area contributed by atoms with Gasteiger partial charge in [0.25, 0.3) is 10.0 Å². The first-order valence-electron chi connectivity index (χ1n) is 9.68. The van der Waals surface area contributed by atoms with E-state index in [-0.39, 0.29) is 12.0 Å². The first kappa shape index (κ1) is 19.8. The van der Waals surface area contributed by atoms with Crippen molar-refractivity contribution in [3.8, 4) is 0 Å². The molecule has 1 unspecified atom stereocenters. The highest BCUT2D eigenvalue weighted by molar-refractivity contribution is 7.92. The Balaban J connectivity index is 1.43. The van der Waals surface area contributed by atoms with Gasteiger partial charge in [0.2, 0.25) is 5.91 Å². The Bertz CT molecular complexity index is 998. The molecule has 4 rings (SSSR count). The van der Waals surface area contributed by atoms with Crippen molar-refractivity contribution < 1.29 is 22.3 Å². The van der Waals surface area contributed by atoms with Gasteiger partial charge in [0.05, 0.1) is 11.5 Å². The van der Waals surface area contributed by atoms with Gasteiger partial charge in [-0.05, 0) is 55.5 Å². The quantitative estimate of drug-likeness (QED) is 0.724. The van der Waals surface area contributed by atoms with E-state index in [9.17, 15) is 17.6 Å². The SMILES string of the molecule is O=C(NCC1CCCO1)C1(c2ccc(NS(=O)(=O)c3ccccc3F)cc2)CC1. The van der Waals surface area contributed by atoms with Gasteiger partial charge in [0.15, 0.2) is 0 Å². The summed E-state index contributed by atoms with van der Waals surface area (Å²) in [4.78, 5) is 12.3. The van der Waals surface area contributed by atoms with Gasteiger partial charge in [-0.15, -0.1) is 0 Å². The molecule has 1 atom stereocenters. The van der Waals surface area contributed by atoms with Crippen LogP contribution in [0.5, 0.6) is 0 Å². The molecule has 154 valence electrons. The number of anilines is 1. The fourth-order valence-corrected chi connectivity index (χ4v) is 4.82. The van der Waals surface area contributed by atoms with Gasteiger partial charge in [0.1, 0.15) is 10.7 Å². The molecule has 0 aromatic heterocycles. The van der Waals surface area contributed by atoms with Crippen LogP contribution in [0.15, 0.2) is 53.4 Å². The van der Waals surface area contributed by atoms with E-state index >= 15 is 0 Å². The molecule has 1 aliphatic carbocycles. The molecule has 6 nitrogen and oxygen atoms in total. The largest absolute Gasteiger partial charge is 0.376 e. The molecule has 1 heterocycles. The molecule has 1 saturated heterocycles. The van der Waals surface area contributed by atoms with Crippen molar-refractivity contribution in [2.45, 2.75) is 42.1 Å². The molecule has 2 fully saturated rings. The second-order valence-corrected chi connectivity index (χ2v) is 9.19. The second kappa shape index (κ2) is 7.76. The number of sulfonamides is 1. The Morgan fingerprint density at radius 2 is 1.86 bits per heavy atom. The molecule has 2 aliphatic rings. The number of hydrogen-bond acceptors (Lipinski definition) is 4. The van der Waals surface area contributed by atoms with Crippen LogP contribution in [-0.4, -0.2) is 33.6 Å². The smallest absolute Gasteiger partial charge is 0.264 e. The summed E-state index contributed by atoms with van der Waals surface area (Å²) in [7, 11) is -4.03. The van der Waals surface area contributed by atoms with Gasteiger partial charge in [-0.3, -0.25) is 9.52 Å². The van der Waals surface area contributed by atoms with Crippen LogP contribution in [0, 0.1) is 5.82 Å². The van der Waals surface area contributed by atoms with Crippen molar-refractivity contribution in [1.29, 1.82) is 0 Å². The minimum absolute atomic E-state index is 0.0207. The highest BCUT2D eigenvalue weighted by Gasteiger charge is 2.51. The lowest BCUT2D eigenvalue weighted by molar-refractivity contribution is -0.124. The maximum Gasteiger partial charge on any atom is 0.264 e. The van der Waals surface area contributed by atoms with E-state index in [0.29, 0.717) is 12.2 Å². The lowest BCUT2D eigenvalue weighted by Gasteiger charge is -2.18. The molecular formula is C21H23FN2O4S. The Kier molecular flexibility index (Phi) is 5.31. The van der Waals surface area contributed by atoms with Crippen molar-refractivity contribution in [3.05, 3.63) is 59.9 Å². The van der Waals surface area contributed by atoms with Crippen LogP contribution in [0.2, 0.25) is 0 Å². The third-order valence-electron chi connectivity index (χ3n) is 5.51. The standard InChI is InChI=1S/C21H23FN2O4S/c22-18-5-1-2-6-19(18)29(26,27)24-16-9-7-15(8-10-16)21(11-12-21)20(25)23-14-17-4-3-13-28-17/h1-2,5-10,17,24H,3-4,11-14H2,(H,23,25). The Morgan fingerprint density at radius 3 is 2.48 bits per heavy atom. The predicted octanol–water partition coefficient (Wildman–Crippen LogP) is 2.95. The molecule has 0 spiro atoms. The van der Waals surface area contributed by atoms with Crippen molar-refractivity contribution in [2.75, 3.05) is 17.9 Å². The highest BCUT2D eigenvalue weighted by Crippen LogP contribution is 2.48. The topological polar surface area (TPSA) is 84.5 Å². The van der Waals surface area contributed by atoms with Crippen molar-refractivity contribution in [1.82, 2.24) is 5.32 Å². The number of rotatable bonds is 7. The van der Waals surface area contributed by atoms with Gasteiger partial charge in [0, 0.05) is 18.8 Å². The molecule has 29 heavy (non-hydrogen) atoms. The maximum atomic E-state index is 13.8. The molecule has 0 bridgehead atoms. The number of ether oxygens (including phenoxy) is 1. The molecule has 8 heteroatoms. The van der Waals surface area contributed by atoms with Gasteiger partial charge in [-0.2, -0.15) is 0 Å². The third-order valence-corrected chi connectivity index (χ3v) is 6.93. The summed E-state index contributed by atoms with van der Waals surface area (Å²) in [6, 6.07) is 11.9. The number of benzene rings is 2. The van der Waals surface area contributed by atoms with Crippen LogP contribution >= 0.6 is 0 Å². The van der Waals surface area contributed by atoms with E-state index in [0.717, 1.165) is 43.9 Å². The summed E-state index contributed by atoms with van der Waals surface area (Å²) in [5, 5.41) is 2.99. The fraction of sp³-hybridized carbons (Fsp3) is 0.381. The van der Waals surface area contributed by atoms with Crippen LogP contribution in [0.3, 0.4) is 0 Å². The number of carbonyl (C=O) groups excluding carboxylic acids is 1. The van der Waals surface area contributed by atoms with Crippen LogP contribution in [0.1, 0.15) is 31.2 Å². The van der Waals surface area contributed by atoms with Gasteiger partial charge in [-0.25, -0.2) is 12.8 Å². The molecule has 1 aliphatic heterocycles. The number of hydrogen-bond donors (Lipinski definition) is 2. The number of nitrogens with one attached hydrogen (secondary N) is 2. The zero-order valence-electron chi connectivity index (χ0n) is 15.9. The van der Waals surface area contributed by atoms with Gasteiger partial charge < -0.3 is 10.1 Å². The van der Waals surface area contributed by atoms with E-state index in [2.05, 4.69) is 10.0 Å². The minimum atomic E-state index is -4.03. The van der Waals surface area contributed by atoms with Crippen LogP contribution in [0.4, 0.5) is 10.1 Å². The highest BCUT2D eigenvalue weighted by atomic mass is 32.2. The monoisotopic (exact) mass is 418 g/mol. The minimum Gasteiger partial charge on any atom is -0.376 e. The predicted molar refractivity (Wildman–Crippen MR) is 107 cm³/mol. The summed E-state index contributed by atoms with van der Waals surface area (Å²) in [5.74, 6) is -0.829. The van der Waals surface area contributed by atoms with E-state index < -0.39 is 26.2 Å². The Labute approximate surface area is 169 Å². The van der Waals surface area contributed by atoms with Crippen LogP contribution < -0.4 is 10.0 Å². The average molecular weight is 418 g/mol. The average Bonchev–Trinajstić information content (AvgIpc) is 3.35. The molecular weight excluding hydrogens is 395 g/mol. The van der Waals surface area contributed by atoms with Crippen LogP contribution in [0.25, 0.3) is 0 Å². The van der Waals surface area contributed by atoms with Gasteiger partial charge >= 0.3 is 0 Å². The molecule has 2 N–H and O–H groups in total. The Hall–Kier alpha value is -2.45. The zero-order chi connectivity index (χ0) is 20.5. The normalized spacial score (nSPS) is 20.2. The number of amides is 1. The summed E-state index contributed by atoms with van der Waals surface area (Å²) < 4.78 is 46.6. The number of carbonyl (C=O) groups is 1.